The Hall–Kier alpha value is -3.72. The molecule has 0 amide bonds. The zero-order valence-corrected chi connectivity index (χ0v) is 21.6. The lowest BCUT2D eigenvalue weighted by atomic mass is 10.0. The number of aryl methyl sites for hydroxylation is 1. The van der Waals surface area contributed by atoms with Crippen LogP contribution in [0.25, 0.3) is 21.5 Å². The average molecular weight is 511 g/mol. The minimum absolute atomic E-state index is 0.453. The Morgan fingerprint density at radius 2 is 1.92 bits per heavy atom. The van der Waals surface area contributed by atoms with E-state index in [1.165, 1.54) is 0 Å². The number of nitrogens with one attached hydrogen (secondary N) is 1. The summed E-state index contributed by atoms with van der Waals surface area (Å²) in [6, 6.07) is 11.4. The van der Waals surface area contributed by atoms with E-state index in [1.807, 2.05) is 50.2 Å². The third-order valence-corrected chi connectivity index (χ3v) is 6.78. The number of aromatic nitrogens is 2. The quantitative estimate of drug-likeness (QED) is 0.224. The number of ether oxygens (including phenoxy) is 4. The van der Waals surface area contributed by atoms with Gasteiger partial charge in [0.1, 0.15) is 10.8 Å². The first-order valence-corrected chi connectivity index (χ1v) is 12.6. The molecular weight excluding hydrogens is 480 g/mol. The molecule has 1 atom stereocenters. The van der Waals surface area contributed by atoms with Crippen molar-refractivity contribution in [1.29, 1.82) is 0 Å². The normalized spacial score (nSPS) is 11.9. The monoisotopic (exact) mass is 510 g/mol. The average Bonchev–Trinajstić information content (AvgIpc) is 3.46. The molecule has 0 spiro atoms. The second kappa shape index (κ2) is 11.3. The Kier molecular flexibility index (Phi) is 8.00. The van der Waals surface area contributed by atoms with Crippen molar-refractivity contribution in [2.45, 2.75) is 33.1 Å². The summed E-state index contributed by atoms with van der Waals surface area (Å²) in [5, 5.41) is 11.1. The maximum absolute atomic E-state index is 11.4. The van der Waals surface area contributed by atoms with Gasteiger partial charge in [0, 0.05) is 29.1 Å². The number of fused-ring (bicyclic) bond motifs is 1. The summed E-state index contributed by atoms with van der Waals surface area (Å²) < 4.78 is 23.0. The van der Waals surface area contributed by atoms with Crippen molar-refractivity contribution in [1.82, 2.24) is 9.97 Å². The fourth-order valence-electron chi connectivity index (χ4n) is 3.83. The molecule has 0 radical (unpaired) electrons. The standard InChI is InChI=1S/C27H30N2O6S/c1-5-33-25-17(3)36-26(29-25)18-7-10-23(24(13-18)32-4)35-12-6-11-34-19-8-9-22-20(14-19)21(15-28-22)16(2)27(30)31/h7-10,13-16,28H,5-6,11-12H2,1-4H3,(H,30,31). The third-order valence-electron chi connectivity index (χ3n) is 5.78. The van der Waals surface area contributed by atoms with Crippen LogP contribution in [0, 0.1) is 6.92 Å². The van der Waals surface area contributed by atoms with Gasteiger partial charge in [-0.2, -0.15) is 0 Å². The van der Waals surface area contributed by atoms with Crippen molar-refractivity contribution in [2.24, 2.45) is 0 Å². The molecule has 0 aliphatic rings. The molecule has 0 aliphatic carbocycles. The Morgan fingerprint density at radius 3 is 2.67 bits per heavy atom. The summed E-state index contributed by atoms with van der Waals surface area (Å²) in [6.07, 6.45) is 2.41. The molecule has 2 aromatic heterocycles. The highest BCUT2D eigenvalue weighted by Gasteiger charge is 2.18. The van der Waals surface area contributed by atoms with Crippen molar-refractivity contribution in [2.75, 3.05) is 26.9 Å². The van der Waals surface area contributed by atoms with Gasteiger partial charge in [-0.1, -0.05) is 0 Å². The summed E-state index contributed by atoms with van der Waals surface area (Å²) in [4.78, 5) is 20.1. The van der Waals surface area contributed by atoms with E-state index in [0.717, 1.165) is 31.9 Å². The molecule has 4 aromatic rings. The van der Waals surface area contributed by atoms with E-state index in [2.05, 4.69) is 9.97 Å². The van der Waals surface area contributed by atoms with Crippen LogP contribution >= 0.6 is 11.3 Å². The van der Waals surface area contributed by atoms with E-state index in [0.29, 0.717) is 49.4 Å². The summed E-state index contributed by atoms with van der Waals surface area (Å²) in [5.41, 5.74) is 2.56. The zero-order chi connectivity index (χ0) is 25.7. The van der Waals surface area contributed by atoms with Gasteiger partial charge in [0.15, 0.2) is 11.5 Å². The molecule has 2 N–H and O–H groups in total. The Balaban J connectivity index is 1.33. The lowest BCUT2D eigenvalue weighted by Gasteiger charge is -2.12. The maximum atomic E-state index is 11.4. The van der Waals surface area contributed by atoms with E-state index in [-0.39, 0.29) is 0 Å². The number of carbonyl (C=O) groups is 1. The molecule has 0 saturated heterocycles. The minimum Gasteiger partial charge on any atom is -0.493 e. The predicted octanol–water partition coefficient (Wildman–Crippen LogP) is 6.04. The van der Waals surface area contributed by atoms with Crippen LogP contribution in [0.5, 0.6) is 23.1 Å². The lowest BCUT2D eigenvalue weighted by molar-refractivity contribution is -0.138. The van der Waals surface area contributed by atoms with Gasteiger partial charge in [-0.3, -0.25) is 4.79 Å². The molecule has 190 valence electrons. The Labute approximate surface area is 213 Å². The largest absolute Gasteiger partial charge is 0.493 e. The van der Waals surface area contributed by atoms with E-state index in [4.69, 9.17) is 18.9 Å². The van der Waals surface area contributed by atoms with Crippen LogP contribution in [0.1, 0.15) is 36.6 Å². The van der Waals surface area contributed by atoms with Crippen molar-refractivity contribution in [3.8, 4) is 33.7 Å². The van der Waals surface area contributed by atoms with Crippen LogP contribution < -0.4 is 18.9 Å². The summed E-state index contributed by atoms with van der Waals surface area (Å²) >= 11 is 1.58. The van der Waals surface area contributed by atoms with Crippen LogP contribution in [0.4, 0.5) is 0 Å². The number of aromatic amines is 1. The molecule has 0 saturated carbocycles. The second-order valence-corrected chi connectivity index (χ2v) is 9.44. The highest BCUT2D eigenvalue weighted by atomic mass is 32.1. The number of aliphatic carboxylic acids is 1. The molecule has 0 fully saturated rings. The van der Waals surface area contributed by atoms with Gasteiger partial charge in [-0.15, -0.1) is 11.3 Å². The van der Waals surface area contributed by atoms with Gasteiger partial charge in [0.05, 0.1) is 37.7 Å². The first-order valence-electron chi connectivity index (χ1n) is 11.8. The highest BCUT2D eigenvalue weighted by Crippen LogP contribution is 2.37. The lowest BCUT2D eigenvalue weighted by Crippen LogP contribution is -2.07. The van der Waals surface area contributed by atoms with Crippen molar-refractivity contribution >= 4 is 28.2 Å². The first kappa shape index (κ1) is 25.4. The summed E-state index contributed by atoms with van der Waals surface area (Å²) in [5.74, 6) is 1.18. The van der Waals surface area contributed by atoms with Crippen LogP contribution in [0.15, 0.2) is 42.6 Å². The number of hydrogen-bond donors (Lipinski definition) is 2. The number of hydrogen-bond acceptors (Lipinski definition) is 7. The number of rotatable bonds is 12. The van der Waals surface area contributed by atoms with E-state index >= 15 is 0 Å². The fourth-order valence-corrected chi connectivity index (χ4v) is 4.69. The summed E-state index contributed by atoms with van der Waals surface area (Å²) in [6.45, 7) is 7.10. The summed E-state index contributed by atoms with van der Waals surface area (Å²) in [7, 11) is 1.62. The predicted molar refractivity (Wildman–Crippen MR) is 140 cm³/mol. The molecule has 4 rings (SSSR count). The van der Waals surface area contributed by atoms with E-state index < -0.39 is 11.9 Å². The molecule has 0 bridgehead atoms. The van der Waals surface area contributed by atoms with Crippen LogP contribution in [-0.4, -0.2) is 48.0 Å². The third kappa shape index (κ3) is 5.57. The Morgan fingerprint density at radius 1 is 1.11 bits per heavy atom. The zero-order valence-electron chi connectivity index (χ0n) is 20.8. The van der Waals surface area contributed by atoms with Crippen LogP contribution in [0.3, 0.4) is 0 Å². The van der Waals surface area contributed by atoms with Gasteiger partial charge in [0.2, 0.25) is 5.88 Å². The van der Waals surface area contributed by atoms with E-state index in [9.17, 15) is 9.90 Å². The molecule has 2 heterocycles. The number of benzene rings is 2. The highest BCUT2D eigenvalue weighted by molar-refractivity contribution is 7.15. The SMILES string of the molecule is CCOc1nc(-c2ccc(OCCCOc3ccc4[nH]cc(C(C)C(=O)O)c4c3)c(OC)c2)sc1C. The molecule has 2 aromatic carbocycles. The van der Waals surface area contributed by atoms with Gasteiger partial charge < -0.3 is 29.0 Å². The van der Waals surface area contributed by atoms with Crippen LogP contribution in [-0.2, 0) is 4.79 Å². The Bertz CT molecular complexity index is 1350. The van der Waals surface area contributed by atoms with Gasteiger partial charge >= 0.3 is 5.97 Å². The smallest absolute Gasteiger partial charge is 0.310 e. The topological polar surface area (TPSA) is 103 Å². The molecule has 36 heavy (non-hydrogen) atoms. The van der Waals surface area contributed by atoms with Gasteiger partial charge in [-0.05, 0) is 62.7 Å². The maximum Gasteiger partial charge on any atom is 0.310 e. The number of H-pyrrole nitrogens is 1. The number of thiazole rings is 1. The first-order chi connectivity index (χ1) is 17.4. The number of carboxylic acid groups (broad SMARTS) is 1. The minimum atomic E-state index is -0.861. The van der Waals surface area contributed by atoms with Crippen LogP contribution in [0.2, 0.25) is 0 Å². The molecule has 9 heteroatoms. The van der Waals surface area contributed by atoms with Crippen molar-refractivity contribution < 1.29 is 28.8 Å². The number of carboxylic acids is 1. The second-order valence-electron chi connectivity index (χ2n) is 8.24. The van der Waals surface area contributed by atoms with Gasteiger partial charge in [-0.25, -0.2) is 4.98 Å². The van der Waals surface area contributed by atoms with Crippen molar-refractivity contribution in [3.63, 3.8) is 0 Å². The molecule has 8 nitrogen and oxygen atoms in total. The fraction of sp³-hybridized carbons (Fsp3) is 0.333. The molecular formula is C27H30N2O6S. The van der Waals surface area contributed by atoms with Gasteiger partial charge in [0.25, 0.3) is 0 Å². The van der Waals surface area contributed by atoms with E-state index in [1.54, 1.807) is 31.6 Å². The molecule has 0 aliphatic heterocycles. The number of methoxy groups -OCH3 is 1. The molecule has 1 unspecified atom stereocenters. The number of nitrogens with zero attached hydrogens (tertiary/aromatic N) is 1. The van der Waals surface area contributed by atoms with Crippen molar-refractivity contribution in [3.05, 3.63) is 53.0 Å².